The van der Waals surface area contributed by atoms with E-state index in [1.807, 2.05) is 42.5 Å². The number of carbonyl (C=O) groups excluding carboxylic acids is 1. The Balaban J connectivity index is 1.51. The van der Waals surface area contributed by atoms with E-state index in [2.05, 4.69) is 16.7 Å². The second-order valence-electron chi connectivity index (χ2n) is 6.42. The third-order valence-electron chi connectivity index (χ3n) is 4.43. The standard InChI is InChI=1S/C22H15F3N2O/c23-22(24,25)18-6-9-19(10-7-18)26-21(28)27-20-8-5-16-11-14-3-1-2-4-15(14)12-17(16)13-20/h1-13H,(H2,26,27,28). The molecule has 4 aromatic carbocycles. The summed E-state index contributed by atoms with van der Waals surface area (Å²) in [5.74, 6) is 0. The number of hydrogen-bond acceptors (Lipinski definition) is 1. The summed E-state index contributed by atoms with van der Waals surface area (Å²) >= 11 is 0. The molecule has 0 aliphatic rings. The summed E-state index contributed by atoms with van der Waals surface area (Å²) in [7, 11) is 0. The summed E-state index contributed by atoms with van der Waals surface area (Å²) in [6, 6.07) is 21.4. The van der Waals surface area contributed by atoms with E-state index in [4.69, 9.17) is 0 Å². The predicted molar refractivity (Wildman–Crippen MR) is 106 cm³/mol. The van der Waals surface area contributed by atoms with Crippen molar-refractivity contribution in [1.82, 2.24) is 0 Å². The molecule has 0 saturated heterocycles. The van der Waals surface area contributed by atoms with Crippen LogP contribution >= 0.6 is 0 Å². The zero-order valence-corrected chi connectivity index (χ0v) is 14.5. The first kappa shape index (κ1) is 17.9. The molecule has 0 radical (unpaired) electrons. The van der Waals surface area contributed by atoms with Crippen LogP contribution in [0.3, 0.4) is 0 Å². The Morgan fingerprint density at radius 2 is 1.18 bits per heavy atom. The molecule has 0 aromatic heterocycles. The van der Waals surface area contributed by atoms with Crippen LogP contribution in [-0.2, 0) is 6.18 Å². The van der Waals surface area contributed by atoms with Crippen LogP contribution in [-0.4, -0.2) is 6.03 Å². The molecule has 0 aliphatic heterocycles. The molecule has 0 aliphatic carbocycles. The molecule has 0 atom stereocenters. The van der Waals surface area contributed by atoms with Crippen molar-refractivity contribution >= 4 is 39.0 Å². The fourth-order valence-corrected chi connectivity index (χ4v) is 3.05. The lowest BCUT2D eigenvalue weighted by Crippen LogP contribution is -2.19. The zero-order chi connectivity index (χ0) is 19.7. The Kier molecular flexibility index (Phi) is 4.39. The van der Waals surface area contributed by atoms with E-state index in [1.165, 1.54) is 12.1 Å². The highest BCUT2D eigenvalue weighted by Gasteiger charge is 2.29. The molecule has 2 amide bonds. The third-order valence-corrected chi connectivity index (χ3v) is 4.43. The number of nitrogens with one attached hydrogen (secondary N) is 2. The van der Waals surface area contributed by atoms with Gasteiger partial charge in [-0.25, -0.2) is 4.79 Å². The Bertz CT molecular complexity index is 1170. The monoisotopic (exact) mass is 380 g/mol. The highest BCUT2D eigenvalue weighted by Crippen LogP contribution is 2.30. The average molecular weight is 380 g/mol. The number of benzene rings is 4. The molecule has 0 bridgehead atoms. The van der Waals surface area contributed by atoms with Gasteiger partial charge in [-0.05, 0) is 70.1 Å². The van der Waals surface area contributed by atoms with Gasteiger partial charge in [-0.1, -0.05) is 30.3 Å². The summed E-state index contributed by atoms with van der Waals surface area (Å²) in [6.07, 6.45) is -4.41. The van der Waals surface area contributed by atoms with Crippen LogP contribution in [0, 0.1) is 0 Å². The summed E-state index contributed by atoms with van der Waals surface area (Å²) in [6.45, 7) is 0. The van der Waals surface area contributed by atoms with E-state index >= 15 is 0 Å². The van der Waals surface area contributed by atoms with Gasteiger partial charge in [-0.3, -0.25) is 0 Å². The Hall–Kier alpha value is -3.54. The molecule has 140 valence electrons. The number of fused-ring (bicyclic) bond motifs is 2. The maximum absolute atomic E-state index is 12.6. The summed E-state index contributed by atoms with van der Waals surface area (Å²) in [5.41, 5.74) is 0.102. The van der Waals surface area contributed by atoms with Crippen molar-refractivity contribution in [3.05, 3.63) is 84.4 Å². The van der Waals surface area contributed by atoms with Crippen LogP contribution in [0.1, 0.15) is 5.56 Å². The smallest absolute Gasteiger partial charge is 0.308 e. The maximum atomic E-state index is 12.6. The second-order valence-corrected chi connectivity index (χ2v) is 6.42. The summed E-state index contributed by atoms with van der Waals surface area (Å²) < 4.78 is 37.8. The summed E-state index contributed by atoms with van der Waals surface area (Å²) in [5, 5.41) is 9.49. The first-order chi connectivity index (χ1) is 13.4. The van der Waals surface area contributed by atoms with Crippen molar-refractivity contribution in [2.45, 2.75) is 6.18 Å². The van der Waals surface area contributed by atoms with Gasteiger partial charge in [0.05, 0.1) is 5.56 Å². The Morgan fingerprint density at radius 3 is 1.82 bits per heavy atom. The predicted octanol–water partition coefficient (Wildman–Crippen LogP) is 6.66. The maximum Gasteiger partial charge on any atom is 0.416 e. The highest BCUT2D eigenvalue weighted by molar-refractivity contribution is 6.03. The van der Waals surface area contributed by atoms with E-state index in [0.717, 1.165) is 33.7 Å². The van der Waals surface area contributed by atoms with Crippen LogP contribution < -0.4 is 10.6 Å². The minimum Gasteiger partial charge on any atom is -0.308 e. The van der Waals surface area contributed by atoms with Gasteiger partial charge in [0.1, 0.15) is 0 Å². The molecule has 28 heavy (non-hydrogen) atoms. The lowest BCUT2D eigenvalue weighted by Gasteiger charge is -2.10. The number of amides is 2. The molecule has 0 saturated carbocycles. The molecule has 6 heteroatoms. The van der Waals surface area contributed by atoms with E-state index in [0.29, 0.717) is 5.69 Å². The second kappa shape index (κ2) is 6.88. The van der Waals surface area contributed by atoms with Gasteiger partial charge in [-0.15, -0.1) is 0 Å². The third kappa shape index (κ3) is 3.76. The van der Waals surface area contributed by atoms with E-state index in [1.54, 1.807) is 6.07 Å². The van der Waals surface area contributed by atoms with Crippen LogP contribution in [0.4, 0.5) is 29.3 Å². The summed E-state index contributed by atoms with van der Waals surface area (Å²) in [4.78, 5) is 12.2. The molecule has 3 nitrogen and oxygen atoms in total. The molecule has 4 aromatic rings. The number of alkyl halides is 3. The number of hydrogen-bond donors (Lipinski definition) is 2. The minimum atomic E-state index is -4.41. The molecule has 4 rings (SSSR count). The molecule has 0 heterocycles. The number of anilines is 2. The van der Waals surface area contributed by atoms with Gasteiger partial charge in [0, 0.05) is 11.4 Å². The van der Waals surface area contributed by atoms with Crippen molar-refractivity contribution in [2.75, 3.05) is 10.6 Å². The van der Waals surface area contributed by atoms with E-state index < -0.39 is 17.8 Å². The van der Waals surface area contributed by atoms with Crippen molar-refractivity contribution < 1.29 is 18.0 Å². The van der Waals surface area contributed by atoms with Gasteiger partial charge in [-0.2, -0.15) is 13.2 Å². The molecule has 0 fully saturated rings. The van der Waals surface area contributed by atoms with Crippen molar-refractivity contribution in [1.29, 1.82) is 0 Å². The lowest BCUT2D eigenvalue weighted by atomic mass is 10.0. The van der Waals surface area contributed by atoms with Crippen molar-refractivity contribution in [3.8, 4) is 0 Å². The fourth-order valence-electron chi connectivity index (χ4n) is 3.05. The minimum absolute atomic E-state index is 0.275. The Labute approximate surface area is 158 Å². The lowest BCUT2D eigenvalue weighted by molar-refractivity contribution is -0.137. The largest absolute Gasteiger partial charge is 0.416 e. The van der Waals surface area contributed by atoms with E-state index in [9.17, 15) is 18.0 Å². The number of carbonyl (C=O) groups is 1. The Morgan fingerprint density at radius 1 is 0.643 bits per heavy atom. The topological polar surface area (TPSA) is 41.1 Å². The van der Waals surface area contributed by atoms with E-state index in [-0.39, 0.29) is 5.69 Å². The molecule has 0 spiro atoms. The van der Waals surface area contributed by atoms with Crippen LogP contribution in [0.25, 0.3) is 21.5 Å². The quantitative estimate of drug-likeness (QED) is 0.375. The number of rotatable bonds is 2. The number of halogens is 3. The first-order valence-electron chi connectivity index (χ1n) is 8.56. The molecular weight excluding hydrogens is 365 g/mol. The van der Waals surface area contributed by atoms with Crippen molar-refractivity contribution in [3.63, 3.8) is 0 Å². The van der Waals surface area contributed by atoms with Crippen molar-refractivity contribution in [2.24, 2.45) is 0 Å². The zero-order valence-electron chi connectivity index (χ0n) is 14.5. The van der Waals surface area contributed by atoms with Gasteiger partial charge < -0.3 is 10.6 Å². The average Bonchev–Trinajstić information content (AvgIpc) is 2.66. The molecule has 0 unspecified atom stereocenters. The SMILES string of the molecule is O=C(Nc1ccc(C(F)(F)F)cc1)Nc1ccc2cc3ccccc3cc2c1. The van der Waals surface area contributed by atoms with Gasteiger partial charge >= 0.3 is 12.2 Å². The van der Waals surface area contributed by atoms with Crippen LogP contribution in [0.15, 0.2) is 78.9 Å². The van der Waals surface area contributed by atoms with Gasteiger partial charge in [0.25, 0.3) is 0 Å². The van der Waals surface area contributed by atoms with Gasteiger partial charge in [0.2, 0.25) is 0 Å². The number of urea groups is 1. The van der Waals surface area contributed by atoms with Crippen LogP contribution in [0.5, 0.6) is 0 Å². The first-order valence-corrected chi connectivity index (χ1v) is 8.56. The molecular formula is C22H15F3N2O. The van der Waals surface area contributed by atoms with Gasteiger partial charge in [0.15, 0.2) is 0 Å². The van der Waals surface area contributed by atoms with Crippen LogP contribution in [0.2, 0.25) is 0 Å². The normalized spacial score (nSPS) is 11.5. The molecule has 2 N–H and O–H groups in total. The highest BCUT2D eigenvalue weighted by atomic mass is 19.4. The fraction of sp³-hybridized carbons (Fsp3) is 0.0455.